The molecule has 19 heavy (non-hydrogen) atoms. The van der Waals surface area contributed by atoms with Crippen LogP contribution in [-0.2, 0) is 6.54 Å². The van der Waals surface area contributed by atoms with E-state index in [0.29, 0.717) is 36.7 Å². The Labute approximate surface area is 114 Å². The molecule has 0 aliphatic heterocycles. The zero-order chi connectivity index (χ0) is 14.1. The highest BCUT2D eigenvalue weighted by atomic mass is 16.5. The van der Waals surface area contributed by atoms with Gasteiger partial charge in [0.25, 0.3) is 0 Å². The Balaban J connectivity index is 2.90. The molecule has 0 aliphatic carbocycles. The van der Waals surface area contributed by atoms with Crippen LogP contribution in [0.4, 0.5) is 0 Å². The molecule has 0 atom stereocenters. The van der Waals surface area contributed by atoms with Crippen molar-refractivity contribution in [3.63, 3.8) is 0 Å². The quantitative estimate of drug-likeness (QED) is 0.728. The number of hydrogen-bond donors (Lipinski definition) is 1. The topological polar surface area (TPSA) is 63.5 Å². The molecule has 5 heteroatoms. The van der Waals surface area contributed by atoms with Crippen molar-refractivity contribution < 1.29 is 14.2 Å². The molecule has 0 spiro atoms. The lowest BCUT2D eigenvalue weighted by Crippen LogP contribution is -2.07. The van der Waals surface area contributed by atoms with Gasteiger partial charge in [0.1, 0.15) is 0 Å². The van der Waals surface area contributed by atoms with Crippen LogP contribution in [-0.4, -0.2) is 27.9 Å². The van der Waals surface area contributed by atoms with Crippen LogP contribution in [0.15, 0.2) is 12.1 Å². The van der Waals surface area contributed by atoms with Crippen LogP contribution in [0.2, 0.25) is 0 Å². The van der Waals surface area contributed by atoms with Crippen molar-refractivity contribution in [3.8, 4) is 23.3 Å². The van der Waals surface area contributed by atoms with E-state index in [1.54, 1.807) is 14.2 Å². The lowest BCUT2D eigenvalue weighted by atomic mass is 10.2. The third-order valence-corrected chi connectivity index (χ3v) is 2.58. The van der Waals surface area contributed by atoms with Crippen LogP contribution in [0.3, 0.4) is 0 Å². The van der Waals surface area contributed by atoms with Crippen LogP contribution in [0.1, 0.15) is 18.4 Å². The maximum absolute atomic E-state index is 8.50. The van der Waals surface area contributed by atoms with Gasteiger partial charge in [0.15, 0.2) is 11.5 Å². The highest BCUT2D eigenvalue weighted by molar-refractivity contribution is 5.53. The molecule has 0 saturated carbocycles. The second-order valence-electron chi connectivity index (χ2n) is 3.97. The van der Waals surface area contributed by atoms with Crippen LogP contribution < -0.4 is 19.5 Å². The van der Waals surface area contributed by atoms with Gasteiger partial charge in [0.2, 0.25) is 5.75 Å². The molecule has 1 aromatic carbocycles. The van der Waals surface area contributed by atoms with Crippen LogP contribution >= 0.6 is 0 Å². The normalized spacial score (nSPS) is 9.79. The Hall–Kier alpha value is -1.93. The third-order valence-electron chi connectivity index (χ3n) is 2.58. The van der Waals surface area contributed by atoms with Gasteiger partial charge in [-0.15, -0.1) is 0 Å². The number of nitriles is 1. The minimum absolute atomic E-state index is 0.464. The summed E-state index contributed by atoms with van der Waals surface area (Å²) in [7, 11) is 5.07. The molecule has 1 aromatic rings. The molecule has 0 aliphatic rings. The van der Waals surface area contributed by atoms with E-state index in [1.807, 2.05) is 19.2 Å². The van der Waals surface area contributed by atoms with E-state index in [0.717, 1.165) is 12.1 Å². The minimum Gasteiger partial charge on any atom is -0.493 e. The minimum atomic E-state index is 0.464. The molecule has 0 unspecified atom stereocenters. The molecular weight excluding hydrogens is 244 g/mol. The van der Waals surface area contributed by atoms with Gasteiger partial charge in [-0.2, -0.15) is 5.26 Å². The van der Waals surface area contributed by atoms with E-state index in [4.69, 9.17) is 19.5 Å². The van der Waals surface area contributed by atoms with E-state index < -0.39 is 0 Å². The molecule has 104 valence electrons. The van der Waals surface area contributed by atoms with Crippen molar-refractivity contribution >= 4 is 0 Å². The second kappa shape index (κ2) is 8.22. The first-order chi connectivity index (χ1) is 9.26. The number of unbranched alkanes of at least 4 members (excludes halogenated alkanes) is 1. The monoisotopic (exact) mass is 264 g/mol. The Morgan fingerprint density at radius 3 is 2.32 bits per heavy atom. The van der Waals surface area contributed by atoms with Gasteiger partial charge in [0.05, 0.1) is 26.9 Å². The maximum Gasteiger partial charge on any atom is 0.203 e. The van der Waals surface area contributed by atoms with E-state index in [1.165, 1.54) is 0 Å². The van der Waals surface area contributed by atoms with Gasteiger partial charge >= 0.3 is 0 Å². The molecule has 1 N–H and O–H groups in total. The molecule has 0 bridgehead atoms. The fraction of sp³-hybridized carbons (Fsp3) is 0.500. The molecule has 1 rings (SSSR count). The largest absolute Gasteiger partial charge is 0.493 e. The van der Waals surface area contributed by atoms with Crippen molar-refractivity contribution in [2.24, 2.45) is 0 Å². The maximum atomic E-state index is 8.50. The first-order valence-corrected chi connectivity index (χ1v) is 6.16. The number of benzene rings is 1. The third kappa shape index (κ3) is 4.34. The van der Waals surface area contributed by atoms with Crippen molar-refractivity contribution in [1.29, 1.82) is 5.26 Å². The number of methoxy groups -OCH3 is 2. The Bertz CT molecular complexity index is 416. The summed E-state index contributed by atoms with van der Waals surface area (Å²) in [5, 5.41) is 11.6. The summed E-state index contributed by atoms with van der Waals surface area (Å²) in [6.45, 7) is 1.19. The zero-order valence-corrected chi connectivity index (χ0v) is 11.7. The van der Waals surface area contributed by atoms with Crippen molar-refractivity contribution in [2.45, 2.75) is 19.4 Å². The summed E-state index contributed by atoms with van der Waals surface area (Å²) < 4.78 is 16.3. The number of nitrogens with one attached hydrogen (secondary N) is 1. The molecule has 0 saturated heterocycles. The predicted molar refractivity (Wildman–Crippen MR) is 72.7 cm³/mol. The lowest BCUT2D eigenvalue weighted by Gasteiger charge is -2.15. The zero-order valence-electron chi connectivity index (χ0n) is 11.7. The SMILES string of the molecule is CNCc1cc(OC)c(OCCCC#N)c(OC)c1. The van der Waals surface area contributed by atoms with E-state index >= 15 is 0 Å². The summed E-state index contributed by atoms with van der Waals surface area (Å²) >= 11 is 0. The standard InChI is InChI=1S/C14H20N2O3/c1-16-10-11-8-12(17-2)14(13(9-11)18-3)19-7-5-4-6-15/h8-9,16H,4-5,7,10H2,1-3H3. The molecule has 0 fully saturated rings. The van der Waals surface area contributed by atoms with Gasteiger partial charge in [-0.3, -0.25) is 0 Å². The summed E-state index contributed by atoms with van der Waals surface area (Å²) in [5.41, 5.74) is 1.06. The number of nitrogens with zero attached hydrogens (tertiary/aromatic N) is 1. The molecule has 0 heterocycles. The Kier molecular flexibility index (Phi) is 6.55. The van der Waals surface area contributed by atoms with E-state index in [9.17, 15) is 0 Å². The number of ether oxygens (including phenoxy) is 3. The molecule has 0 radical (unpaired) electrons. The highest BCUT2D eigenvalue weighted by Crippen LogP contribution is 2.38. The van der Waals surface area contributed by atoms with Gasteiger partial charge in [-0.05, 0) is 31.2 Å². The second-order valence-corrected chi connectivity index (χ2v) is 3.97. The van der Waals surface area contributed by atoms with Gasteiger partial charge < -0.3 is 19.5 Å². The summed E-state index contributed by atoms with van der Waals surface area (Å²) in [4.78, 5) is 0. The van der Waals surface area contributed by atoms with Gasteiger partial charge in [-0.1, -0.05) is 0 Å². The number of rotatable bonds is 8. The van der Waals surface area contributed by atoms with Crippen LogP contribution in [0.25, 0.3) is 0 Å². The smallest absolute Gasteiger partial charge is 0.203 e. The highest BCUT2D eigenvalue weighted by Gasteiger charge is 2.13. The van der Waals surface area contributed by atoms with Crippen molar-refractivity contribution in [1.82, 2.24) is 5.32 Å². The average molecular weight is 264 g/mol. The summed E-state index contributed by atoms with van der Waals surface area (Å²) in [6.07, 6.45) is 1.16. The van der Waals surface area contributed by atoms with Crippen molar-refractivity contribution in [3.05, 3.63) is 17.7 Å². The van der Waals surface area contributed by atoms with Crippen LogP contribution in [0, 0.1) is 11.3 Å². The Morgan fingerprint density at radius 1 is 1.21 bits per heavy atom. The fourth-order valence-electron chi connectivity index (χ4n) is 1.71. The number of hydrogen-bond acceptors (Lipinski definition) is 5. The lowest BCUT2D eigenvalue weighted by molar-refractivity contribution is 0.271. The van der Waals surface area contributed by atoms with Crippen LogP contribution in [0.5, 0.6) is 17.2 Å². The van der Waals surface area contributed by atoms with E-state index in [-0.39, 0.29) is 0 Å². The van der Waals surface area contributed by atoms with E-state index in [2.05, 4.69) is 11.4 Å². The first-order valence-electron chi connectivity index (χ1n) is 6.16. The van der Waals surface area contributed by atoms with Gasteiger partial charge in [0, 0.05) is 13.0 Å². The first kappa shape index (κ1) is 15.1. The Morgan fingerprint density at radius 2 is 1.84 bits per heavy atom. The molecule has 0 amide bonds. The van der Waals surface area contributed by atoms with Gasteiger partial charge in [-0.25, -0.2) is 0 Å². The predicted octanol–water partition coefficient (Wildman–Crippen LogP) is 2.11. The summed E-state index contributed by atoms with van der Waals surface area (Å²) in [5.74, 6) is 1.87. The average Bonchev–Trinajstić information content (AvgIpc) is 2.44. The summed E-state index contributed by atoms with van der Waals surface area (Å²) in [6, 6.07) is 5.92. The molecular formula is C14H20N2O3. The van der Waals surface area contributed by atoms with Crippen molar-refractivity contribution in [2.75, 3.05) is 27.9 Å². The molecule has 5 nitrogen and oxygen atoms in total. The fourth-order valence-corrected chi connectivity index (χ4v) is 1.71. The molecule has 0 aromatic heterocycles.